The van der Waals surface area contributed by atoms with Crippen LogP contribution in [-0.2, 0) is 4.79 Å². The second-order valence-electron chi connectivity index (χ2n) is 3.04. The maximum atomic E-state index is 13.3. The third-order valence-electron chi connectivity index (χ3n) is 1.91. The lowest BCUT2D eigenvalue weighted by Crippen LogP contribution is -2.58. The number of rotatable bonds is 3. The number of carboxylic acids is 1. The molecule has 0 aliphatic rings. The van der Waals surface area contributed by atoms with Crippen LogP contribution in [0.3, 0.4) is 0 Å². The van der Waals surface area contributed by atoms with Crippen LogP contribution in [-0.4, -0.2) is 23.0 Å². The normalized spacial score (nSPS) is 14.3. The lowest BCUT2D eigenvalue weighted by Gasteiger charge is -2.29. The first-order chi connectivity index (χ1) is 7.71. The van der Waals surface area contributed by atoms with E-state index in [1.807, 2.05) is 0 Å². The predicted molar refractivity (Wildman–Crippen MR) is 57.9 cm³/mol. The van der Waals surface area contributed by atoms with Gasteiger partial charge in [-0.3, -0.25) is 0 Å². The Morgan fingerprint density at radius 2 is 1.56 bits per heavy atom. The minimum absolute atomic E-state index is 0. The van der Waals surface area contributed by atoms with E-state index in [1.165, 1.54) is 6.07 Å². The number of hydrogen-bond acceptors (Lipinski definition) is 2. The standard InChI is InChI=1S/C9H6F5NO2.BrH/c10-8(7(16)17,9(11,12)13)15(14)6-4-2-1-3-5-6;/h1-5H,(H,16,17);1H/t8-;/m1./s1. The Balaban J connectivity index is 0.00000289. The van der Waals surface area contributed by atoms with E-state index in [0.29, 0.717) is 0 Å². The average molecular weight is 336 g/mol. The number of anilines is 1. The summed E-state index contributed by atoms with van der Waals surface area (Å²) in [7, 11) is 0. The van der Waals surface area contributed by atoms with Crippen LogP contribution in [0.4, 0.5) is 27.7 Å². The Bertz CT molecular complexity index is 413. The van der Waals surface area contributed by atoms with E-state index in [2.05, 4.69) is 0 Å². The van der Waals surface area contributed by atoms with Gasteiger partial charge >= 0.3 is 17.9 Å². The minimum atomic E-state index is -5.91. The largest absolute Gasteiger partial charge is 0.477 e. The molecule has 1 atom stereocenters. The van der Waals surface area contributed by atoms with Crippen LogP contribution < -0.4 is 5.12 Å². The van der Waals surface area contributed by atoms with Crippen LogP contribution >= 0.6 is 17.0 Å². The molecule has 0 saturated carbocycles. The number of halogens is 6. The van der Waals surface area contributed by atoms with Gasteiger partial charge in [-0.25, -0.2) is 4.79 Å². The highest BCUT2D eigenvalue weighted by atomic mass is 79.9. The molecule has 1 aromatic rings. The first-order valence-electron chi connectivity index (χ1n) is 4.21. The highest BCUT2D eigenvalue weighted by Gasteiger charge is 2.68. The number of para-hydroxylation sites is 1. The number of nitrogens with zero attached hydrogens (tertiary/aromatic N) is 1. The van der Waals surface area contributed by atoms with Gasteiger partial charge in [0.2, 0.25) is 0 Å². The molecule has 0 fully saturated rings. The number of benzene rings is 1. The number of aliphatic carboxylic acids is 1. The van der Waals surface area contributed by atoms with E-state index in [0.717, 1.165) is 24.3 Å². The second kappa shape index (κ2) is 5.51. The predicted octanol–water partition coefficient (Wildman–Crippen LogP) is 3.27. The van der Waals surface area contributed by atoms with Crippen molar-refractivity contribution in [1.29, 1.82) is 0 Å². The third kappa shape index (κ3) is 2.71. The molecule has 0 radical (unpaired) electrons. The van der Waals surface area contributed by atoms with Gasteiger partial charge in [-0.15, -0.1) is 17.0 Å². The van der Waals surface area contributed by atoms with Crippen molar-refractivity contribution in [2.45, 2.75) is 12.0 Å². The van der Waals surface area contributed by atoms with Crippen LogP contribution in [0.5, 0.6) is 0 Å². The summed E-state index contributed by atoms with van der Waals surface area (Å²) in [4.78, 5) is 10.3. The smallest absolute Gasteiger partial charge is 0.456 e. The molecule has 0 aromatic heterocycles. The van der Waals surface area contributed by atoms with Gasteiger partial charge in [-0.2, -0.15) is 22.7 Å². The van der Waals surface area contributed by atoms with Crippen LogP contribution in [0.1, 0.15) is 0 Å². The van der Waals surface area contributed by atoms with Crippen molar-refractivity contribution in [3.05, 3.63) is 30.3 Å². The average Bonchev–Trinajstić information content (AvgIpc) is 2.26. The van der Waals surface area contributed by atoms with Gasteiger partial charge in [-0.05, 0) is 12.1 Å². The number of carbonyl (C=O) groups is 1. The minimum Gasteiger partial charge on any atom is -0.477 e. The van der Waals surface area contributed by atoms with E-state index in [1.54, 1.807) is 0 Å². The Labute approximate surface area is 109 Å². The number of carboxylic acid groups (broad SMARTS) is 1. The summed E-state index contributed by atoms with van der Waals surface area (Å²) >= 11 is 0. The summed E-state index contributed by atoms with van der Waals surface area (Å²) in [5.74, 6) is -8.09. The summed E-state index contributed by atoms with van der Waals surface area (Å²) in [6, 6.07) is 5.25. The molecule has 0 unspecified atom stereocenters. The zero-order valence-electron chi connectivity index (χ0n) is 8.49. The van der Waals surface area contributed by atoms with E-state index in [-0.39, 0.29) is 17.0 Å². The molecule has 1 rings (SSSR count). The fraction of sp³-hybridized carbons (Fsp3) is 0.222. The highest BCUT2D eigenvalue weighted by molar-refractivity contribution is 8.93. The van der Waals surface area contributed by atoms with Crippen molar-refractivity contribution >= 4 is 28.6 Å². The van der Waals surface area contributed by atoms with Crippen LogP contribution in [0.25, 0.3) is 0 Å². The lowest BCUT2D eigenvalue weighted by molar-refractivity contribution is -0.244. The van der Waals surface area contributed by atoms with Gasteiger partial charge in [0.1, 0.15) is 0 Å². The molecule has 0 bridgehead atoms. The van der Waals surface area contributed by atoms with E-state index in [9.17, 15) is 26.8 Å². The molecule has 18 heavy (non-hydrogen) atoms. The zero-order valence-corrected chi connectivity index (χ0v) is 10.2. The SMILES string of the molecule is Br.O=C(O)[C@@](F)(N(F)c1ccccc1)C(F)(F)F. The molecule has 102 valence electrons. The maximum Gasteiger partial charge on any atom is 0.456 e. The fourth-order valence-corrected chi connectivity index (χ4v) is 1.05. The van der Waals surface area contributed by atoms with Crippen molar-refractivity contribution in [1.82, 2.24) is 0 Å². The molecule has 0 spiro atoms. The van der Waals surface area contributed by atoms with Gasteiger partial charge in [0.05, 0.1) is 5.69 Å². The van der Waals surface area contributed by atoms with Crippen molar-refractivity contribution in [3.8, 4) is 0 Å². The molecule has 1 N–H and O–H groups in total. The molecule has 3 nitrogen and oxygen atoms in total. The Morgan fingerprint density at radius 3 is 1.89 bits per heavy atom. The monoisotopic (exact) mass is 335 g/mol. The topological polar surface area (TPSA) is 40.5 Å². The van der Waals surface area contributed by atoms with Crippen LogP contribution in [0, 0.1) is 0 Å². The molecular weight excluding hydrogens is 329 g/mol. The summed E-state index contributed by atoms with van der Waals surface area (Å²) < 4.78 is 63.4. The highest BCUT2D eigenvalue weighted by Crippen LogP contribution is 2.40. The van der Waals surface area contributed by atoms with E-state index < -0.39 is 28.7 Å². The van der Waals surface area contributed by atoms with Crippen molar-refractivity contribution in [2.24, 2.45) is 0 Å². The van der Waals surface area contributed by atoms with Crippen molar-refractivity contribution in [3.63, 3.8) is 0 Å². The summed E-state index contributed by atoms with van der Waals surface area (Å²) in [6.07, 6.45) is -5.91. The maximum absolute atomic E-state index is 13.3. The molecule has 1 aromatic carbocycles. The Hall–Kier alpha value is -1.38. The second-order valence-corrected chi connectivity index (χ2v) is 3.04. The molecule has 0 amide bonds. The van der Waals surface area contributed by atoms with Crippen molar-refractivity contribution in [2.75, 3.05) is 5.12 Å². The molecular formula is C9H7BrF5NO2. The number of alkyl halides is 4. The van der Waals surface area contributed by atoms with Gasteiger partial charge in [-0.1, -0.05) is 22.7 Å². The zero-order chi connectivity index (χ0) is 13.3. The van der Waals surface area contributed by atoms with Crippen LogP contribution in [0.2, 0.25) is 0 Å². The fourth-order valence-electron chi connectivity index (χ4n) is 1.05. The van der Waals surface area contributed by atoms with Crippen LogP contribution in [0.15, 0.2) is 30.3 Å². The Morgan fingerprint density at radius 1 is 1.11 bits per heavy atom. The molecule has 0 heterocycles. The number of hydrogen-bond donors (Lipinski definition) is 1. The van der Waals surface area contributed by atoms with Gasteiger partial charge in [0.25, 0.3) is 0 Å². The quantitative estimate of drug-likeness (QED) is 0.523. The Kier molecular flexibility index (Phi) is 5.09. The molecule has 0 saturated heterocycles. The molecule has 9 heteroatoms. The first kappa shape index (κ1) is 16.6. The first-order valence-corrected chi connectivity index (χ1v) is 4.21. The van der Waals surface area contributed by atoms with Gasteiger partial charge in [0, 0.05) is 0 Å². The summed E-state index contributed by atoms with van der Waals surface area (Å²) in [6.45, 7) is 0. The molecule has 0 aliphatic heterocycles. The van der Waals surface area contributed by atoms with Gasteiger partial charge in [0.15, 0.2) is 0 Å². The summed E-state index contributed by atoms with van der Waals surface area (Å²) in [5.41, 5.74) is -0.852. The van der Waals surface area contributed by atoms with Gasteiger partial charge < -0.3 is 5.11 Å². The van der Waals surface area contributed by atoms with Crippen molar-refractivity contribution < 1.29 is 31.9 Å². The van der Waals surface area contributed by atoms with E-state index >= 15 is 0 Å². The third-order valence-corrected chi connectivity index (χ3v) is 1.91. The lowest BCUT2D eigenvalue weighted by atomic mass is 10.2. The van der Waals surface area contributed by atoms with E-state index in [4.69, 9.17) is 5.11 Å². The molecule has 0 aliphatic carbocycles. The summed E-state index contributed by atoms with van der Waals surface area (Å²) in [5, 5.41) is 6.76.